The first kappa shape index (κ1) is 19.2. The van der Waals surface area contributed by atoms with Crippen LogP contribution in [0.3, 0.4) is 0 Å². The molecule has 2 amide bonds. The number of amides is 2. The Bertz CT molecular complexity index is 877. The van der Waals surface area contributed by atoms with Crippen LogP contribution in [0.5, 0.6) is 5.75 Å². The van der Waals surface area contributed by atoms with Crippen LogP contribution in [0.15, 0.2) is 48.5 Å². The van der Waals surface area contributed by atoms with Gasteiger partial charge in [0.05, 0.1) is 7.11 Å². The van der Waals surface area contributed by atoms with Crippen LogP contribution in [-0.4, -0.2) is 56.0 Å². The van der Waals surface area contributed by atoms with E-state index >= 15 is 0 Å². The van der Waals surface area contributed by atoms with E-state index in [2.05, 4.69) is 4.90 Å². The Kier molecular flexibility index (Phi) is 5.38. The quantitative estimate of drug-likeness (QED) is 0.796. The summed E-state index contributed by atoms with van der Waals surface area (Å²) >= 11 is 0. The van der Waals surface area contributed by atoms with E-state index < -0.39 is 6.04 Å². The number of carbonyl (C=O) groups excluding carboxylic acids is 2. The number of piperazine rings is 1. The van der Waals surface area contributed by atoms with E-state index in [9.17, 15) is 14.0 Å². The Morgan fingerprint density at radius 3 is 2.21 bits per heavy atom. The average molecular weight is 397 g/mol. The van der Waals surface area contributed by atoms with E-state index in [4.69, 9.17) is 4.74 Å². The topological polar surface area (TPSA) is 53.1 Å². The lowest BCUT2D eigenvalue weighted by molar-refractivity contribution is -0.133. The number of ether oxygens (including phenoxy) is 1. The molecule has 2 aliphatic heterocycles. The second kappa shape index (κ2) is 8.11. The summed E-state index contributed by atoms with van der Waals surface area (Å²) in [4.78, 5) is 31.3. The Morgan fingerprint density at radius 2 is 1.59 bits per heavy atom. The van der Waals surface area contributed by atoms with Gasteiger partial charge in [0.25, 0.3) is 0 Å². The highest BCUT2D eigenvalue weighted by molar-refractivity contribution is 6.03. The molecule has 2 aromatic rings. The molecule has 1 atom stereocenters. The third-order valence-electron chi connectivity index (χ3n) is 5.63. The molecule has 2 aliphatic rings. The summed E-state index contributed by atoms with van der Waals surface area (Å²) in [6, 6.07) is 13.2. The average Bonchev–Trinajstić information content (AvgIpc) is 3.15. The van der Waals surface area contributed by atoms with E-state index in [1.807, 2.05) is 17.0 Å². The van der Waals surface area contributed by atoms with Gasteiger partial charge in [-0.1, -0.05) is 0 Å². The molecule has 2 saturated heterocycles. The minimum absolute atomic E-state index is 0.00887. The van der Waals surface area contributed by atoms with Gasteiger partial charge in [-0.2, -0.15) is 0 Å². The van der Waals surface area contributed by atoms with Crippen LogP contribution in [0.25, 0.3) is 0 Å². The molecule has 0 spiro atoms. The molecule has 0 aromatic heterocycles. The smallest absolute Gasteiger partial charge is 0.245 e. The van der Waals surface area contributed by atoms with Gasteiger partial charge in [-0.15, -0.1) is 0 Å². The van der Waals surface area contributed by atoms with E-state index in [-0.39, 0.29) is 17.6 Å². The molecule has 1 unspecified atom stereocenters. The van der Waals surface area contributed by atoms with Crippen molar-refractivity contribution in [2.24, 2.45) is 0 Å². The zero-order valence-electron chi connectivity index (χ0n) is 16.4. The van der Waals surface area contributed by atoms with Crippen LogP contribution >= 0.6 is 0 Å². The fourth-order valence-electron chi connectivity index (χ4n) is 4.03. The molecule has 152 valence electrons. The zero-order chi connectivity index (χ0) is 20.4. The van der Waals surface area contributed by atoms with Gasteiger partial charge >= 0.3 is 0 Å². The summed E-state index contributed by atoms with van der Waals surface area (Å²) in [7, 11) is 1.59. The molecule has 0 radical (unpaired) electrons. The van der Waals surface area contributed by atoms with Crippen molar-refractivity contribution in [3.8, 4) is 5.75 Å². The van der Waals surface area contributed by atoms with E-state index in [1.165, 1.54) is 12.1 Å². The molecule has 4 rings (SSSR count). The van der Waals surface area contributed by atoms with Crippen LogP contribution in [0, 0.1) is 5.82 Å². The molecule has 2 heterocycles. The molecule has 2 aromatic carbocycles. The maximum Gasteiger partial charge on any atom is 0.245 e. The van der Waals surface area contributed by atoms with Crippen molar-refractivity contribution < 1.29 is 18.7 Å². The Labute approximate surface area is 169 Å². The number of carbonyl (C=O) groups is 2. The van der Waals surface area contributed by atoms with E-state index in [0.717, 1.165) is 11.4 Å². The number of halogens is 1. The van der Waals surface area contributed by atoms with Crippen molar-refractivity contribution in [3.05, 3.63) is 54.3 Å². The zero-order valence-corrected chi connectivity index (χ0v) is 16.4. The highest BCUT2D eigenvalue weighted by atomic mass is 19.1. The second-order valence-electron chi connectivity index (χ2n) is 7.30. The van der Waals surface area contributed by atoms with Gasteiger partial charge in [0.1, 0.15) is 17.6 Å². The molecular formula is C22H24FN3O3. The van der Waals surface area contributed by atoms with Crippen LogP contribution < -0.4 is 14.5 Å². The van der Waals surface area contributed by atoms with Gasteiger partial charge in [-0.05, 0) is 55.0 Å². The van der Waals surface area contributed by atoms with E-state index in [0.29, 0.717) is 44.8 Å². The number of hydrogen-bond acceptors (Lipinski definition) is 4. The first-order chi connectivity index (χ1) is 14.1. The summed E-state index contributed by atoms with van der Waals surface area (Å²) in [5.74, 6) is 0.413. The number of anilines is 2. The van der Waals surface area contributed by atoms with Gasteiger partial charge < -0.3 is 14.5 Å². The minimum atomic E-state index is -0.465. The van der Waals surface area contributed by atoms with Crippen molar-refractivity contribution in [1.82, 2.24) is 4.90 Å². The van der Waals surface area contributed by atoms with Crippen molar-refractivity contribution >= 4 is 23.2 Å². The third-order valence-corrected chi connectivity index (χ3v) is 5.63. The molecule has 7 heteroatoms. The first-order valence-corrected chi connectivity index (χ1v) is 9.82. The van der Waals surface area contributed by atoms with Gasteiger partial charge in [0.2, 0.25) is 11.8 Å². The summed E-state index contributed by atoms with van der Waals surface area (Å²) < 4.78 is 18.3. The van der Waals surface area contributed by atoms with Crippen molar-refractivity contribution in [2.75, 3.05) is 43.1 Å². The lowest BCUT2D eigenvalue weighted by Crippen LogP contribution is -2.54. The Morgan fingerprint density at radius 1 is 0.966 bits per heavy atom. The SMILES string of the molecule is COc1ccc(N2C(=O)CCC2C(=O)N2CCN(c3ccc(F)cc3)CC2)cc1. The van der Waals surface area contributed by atoms with E-state index in [1.54, 1.807) is 36.3 Å². The monoisotopic (exact) mass is 397 g/mol. The van der Waals surface area contributed by atoms with Crippen LogP contribution in [0.1, 0.15) is 12.8 Å². The maximum absolute atomic E-state index is 13.2. The summed E-state index contributed by atoms with van der Waals surface area (Å²) in [5.41, 5.74) is 1.67. The summed E-state index contributed by atoms with van der Waals surface area (Å²) in [5, 5.41) is 0. The number of hydrogen-bond donors (Lipinski definition) is 0. The predicted molar refractivity (Wildman–Crippen MR) is 109 cm³/mol. The molecule has 0 N–H and O–H groups in total. The van der Waals surface area contributed by atoms with Crippen LogP contribution in [0.4, 0.5) is 15.8 Å². The molecule has 0 saturated carbocycles. The Balaban J connectivity index is 1.43. The number of benzene rings is 2. The highest BCUT2D eigenvalue weighted by Gasteiger charge is 2.39. The first-order valence-electron chi connectivity index (χ1n) is 9.82. The van der Waals surface area contributed by atoms with Crippen molar-refractivity contribution in [1.29, 1.82) is 0 Å². The maximum atomic E-state index is 13.2. The van der Waals surface area contributed by atoms with Gasteiger partial charge in [0.15, 0.2) is 0 Å². The Hall–Kier alpha value is -3.09. The van der Waals surface area contributed by atoms with Gasteiger partial charge in [-0.25, -0.2) is 4.39 Å². The summed E-state index contributed by atoms with van der Waals surface area (Å²) in [6.45, 7) is 2.52. The predicted octanol–water partition coefficient (Wildman–Crippen LogP) is 2.68. The minimum Gasteiger partial charge on any atom is -0.497 e. The second-order valence-corrected chi connectivity index (χ2v) is 7.30. The fourth-order valence-corrected chi connectivity index (χ4v) is 4.03. The normalized spacial score (nSPS) is 19.6. The molecule has 6 nitrogen and oxygen atoms in total. The standard InChI is InChI=1S/C22H24FN3O3/c1-29-19-8-6-18(7-9-19)26-20(10-11-21(26)27)22(28)25-14-12-24(13-15-25)17-4-2-16(23)3-5-17/h2-9,20H,10-15H2,1H3. The molecule has 0 bridgehead atoms. The lowest BCUT2D eigenvalue weighted by atomic mass is 10.1. The number of rotatable bonds is 4. The number of nitrogens with zero attached hydrogens (tertiary/aromatic N) is 3. The van der Waals surface area contributed by atoms with Crippen LogP contribution in [-0.2, 0) is 9.59 Å². The van der Waals surface area contributed by atoms with Crippen molar-refractivity contribution in [3.63, 3.8) is 0 Å². The van der Waals surface area contributed by atoms with Crippen molar-refractivity contribution in [2.45, 2.75) is 18.9 Å². The molecule has 0 aliphatic carbocycles. The third kappa shape index (κ3) is 3.90. The summed E-state index contributed by atoms with van der Waals surface area (Å²) in [6.07, 6.45) is 0.903. The largest absolute Gasteiger partial charge is 0.497 e. The molecular weight excluding hydrogens is 373 g/mol. The number of methoxy groups -OCH3 is 1. The molecule has 2 fully saturated rings. The van der Waals surface area contributed by atoms with Gasteiger partial charge in [-0.3, -0.25) is 14.5 Å². The van der Waals surface area contributed by atoms with Gasteiger partial charge in [0, 0.05) is 44.0 Å². The highest BCUT2D eigenvalue weighted by Crippen LogP contribution is 2.30. The lowest BCUT2D eigenvalue weighted by Gasteiger charge is -2.38. The fraction of sp³-hybridized carbons (Fsp3) is 0.364. The van der Waals surface area contributed by atoms with Crippen LogP contribution in [0.2, 0.25) is 0 Å². The molecule has 29 heavy (non-hydrogen) atoms.